The Morgan fingerprint density at radius 1 is 0.931 bits per heavy atom. The number of hydrogen-bond acceptors (Lipinski definition) is 7. The van der Waals surface area contributed by atoms with Crippen LogP contribution in [-0.4, -0.2) is 26.3 Å². The van der Waals surface area contributed by atoms with Crippen LogP contribution in [0.3, 0.4) is 0 Å². The first-order chi connectivity index (χ1) is 14.1. The van der Waals surface area contributed by atoms with Crippen molar-refractivity contribution in [3.05, 3.63) is 64.7 Å². The maximum atomic E-state index is 12.4. The molecule has 0 atom stereocenters. The number of nitrogens with one attached hydrogen (secondary N) is 1. The molecule has 0 unspecified atom stereocenters. The van der Waals surface area contributed by atoms with Gasteiger partial charge in [0.25, 0.3) is 5.91 Å². The average Bonchev–Trinajstić information content (AvgIpc) is 3.39. The molecule has 2 aromatic heterocycles. The number of rotatable bonds is 6. The van der Waals surface area contributed by atoms with Gasteiger partial charge in [-0.3, -0.25) is 10.1 Å². The summed E-state index contributed by atoms with van der Waals surface area (Å²) in [5.41, 5.74) is 3.29. The largest absolute Gasteiger partial charge is 0.416 e. The van der Waals surface area contributed by atoms with Crippen LogP contribution in [0.1, 0.15) is 34.3 Å². The van der Waals surface area contributed by atoms with Crippen LogP contribution in [0.15, 0.2) is 52.9 Å². The number of aryl methyl sites for hydroxylation is 2. The first kappa shape index (κ1) is 18.9. The quantitative estimate of drug-likeness (QED) is 0.497. The molecule has 2 heterocycles. The second kappa shape index (κ2) is 8.32. The van der Waals surface area contributed by atoms with Crippen molar-refractivity contribution in [1.29, 1.82) is 0 Å². The lowest BCUT2D eigenvalue weighted by Gasteiger charge is -2.02. The van der Waals surface area contributed by atoms with E-state index in [0.29, 0.717) is 22.5 Å². The zero-order valence-corrected chi connectivity index (χ0v) is 16.9. The van der Waals surface area contributed by atoms with Gasteiger partial charge in [0.15, 0.2) is 0 Å². The van der Waals surface area contributed by atoms with Gasteiger partial charge in [0.1, 0.15) is 5.01 Å². The first-order valence-electron chi connectivity index (χ1n) is 9.27. The summed E-state index contributed by atoms with van der Waals surface area (Å²) >= 11 is 1.39. The van der Waals surface area contributed by atoms with Crippen LogP contribution in [0.5, 0.6) is 0 Å². The highest BCUT2D eigenvalue weighted by Crippen LogP contribution is 2.25. The van der Waals surface area contributed by atoms with Gasteiger partial charge >= 0.3 is 0 Å². The van der Waals surface area contributed by atoms with Crippen molar-refractivity contribution in [1.82, 2.24) is 20.4 Å². The normalized spacial score (nSPS) is 10.8. The summed E-state index contributed by atoms with van der Waals surface area (Å²) in [6.07, 6.45) is 1.85. The SMILES string of the molecule is CCCc1nnc(NC(=O)c2ccc(-c3nnc(-c4ccc(C)cc4)o3)cc2)s1. The molecule has 0 fully saturated rings. The number of hydrogen-bond donors (Lipinski definition) is 1. The Kier molecular flexibility index (Phi) is 5.44. The van der Waals surface area contributed by atoms with Crippen LogP contribution in [-0.2, 0) is 6.42 Å². The predicted octanol–water partition coefficient (Wildman–Crippen LogP) is 4.77. The van der Waals surface area contributed by atoms with E-state index in [1.807, 2.05) is 31.2 Å². The Balaban J connectivity index is 1.46. The molecule has 2 aromatic carbocycles. The highest BCUT2D eigenvalue weighted by Gasteiger charge is 2.13. The maximum Gasteiger partial charge on any atom is 0.257 e. The molecule has 29 heavy (non-hydrogen) atoms. The van der Waals surface area contributed by atoms with E-state index in [1.165, 1.54) is 11.3 Å². The smallest absolute Gasteiger partial charge is 0.257 e. The standard InChI is InChI=1S/C21H19N5O2S/c1-3-4-17-23-26-21(29-17)22-18(27)14-9-11-16(12-10-14)20-25-24-19(28-20)15-7-5-13(2)6-8-15/h5-12H,3-4H2,1-2H3,(H,22,26,27). The van der Waals surface area contributed by atoms with E-state index in [2.05, 4.69) is 32.6 Å². The van der Waals surface area contributed by atoms with Gasteiger partial charge in [-0.1, -0.05) is 36.0 Å². The Bertz CT molecular complexity index is 1120. The molecule has 0 saturated heterocycles. The van der Waals surface area contributed by atoms with Gasteiger partial charge in [-0.2, -0.15) is 0 Å². The van der Waals surface area contributed by atoms with Gasteiger partial charge in [-0.25, -0.2) is 0 Å². The fourth-order valence-corrected chi connectivity index (χ4v) is 3.54. The van der Waals surface area contributed by atoms with Gasteiger partial charge in [0.2, 0.25) is 16.9 Å². The van der Waals surface area contributed by atoms with Gasteiger partial charge in [0, 0.05) is 23.1 Å². The molecule has 1 N–H and O–H groups in total. The van der Waals surface area contributed by atoms with Crippen LogP contribution >= 0.6 is 11.3 Å². The fraction of sp³-hybridized carbons (Fsp3) is 0.190. The van der Waals surface area contributed by atoms with Crippen molar-refractivity contribution in [2.45, 2.75) is 26.7 Å². The minimum absolute atomic E-state index is 0.235. The first-order valence-corrected chi connectivity index (χ1v) is 10.1. The summed E-state index contributed by atoms with van der Waals surface area (Å²) in [6, 6.07) is 14.9. The number of nitrogens with zero attached hydrogens (tertiary/aromatic N) is 4. The second-order valence-corrected chi connectivity index (χ2v) is 7.62. The molecule has 0 radical (unpaired) electrons. The molecule has 0 spiro atoms. The number of anilines is 1. The molecule has 0 aliphatic carbocycles. The van der Waals surface area contributed by atoms with Crippen LogP contribution in [0.4, 0.5) is 5.13 Å². The molecule has 0 aliphatic rings. The van der Waals surface area contributed by atoms with E-state index in [4.69, 9.17) is 4.42 Å². The van der Waals surface area contributed by atoms with Gasteiger partial charge < -0.3 is 4.42 Å². The van der Waals surface area contributed by atoms with Crippen molar-refractivity contribution in [3.63, 3.8) is 0 Å². The molecule has 0 bridgehead atoms. The Morgan fingerprint density at radius 3 is 2.17 bits per heavy atom. The third-order valence-electron chi connectivity index (χ3n) is 4.27. The molecule has 146 valence electrons. The van der Waals surface area contributed by atoms with Gasteiger partial charge in [0.05, 0.1) is 0 Å². The highest BCUT2D eigenvalue weighted by molar-refractivity contribution is 7.15. The monoisotopic (exact) mass is 405 g/mol. The van der Waals surface area contributed by atoms with Crippen molar-refractivity contribution in [3.8, 4) is 22.9 Å². The lowest BCUT2D eigenvalue weighted by molar-refractivity contribution is 0.102. The summed E-state index contributed by atoms with van der Waals surface area (Å²) < 4.78 is 5.78. The van der Waals surface area contributed by atoms with Crippen LogP contribution < -0.4 is 5.32 Å². The van der Waals surface area contributed by atoms with Crippen LogP contribution in [0.2, 0.25) is 0 Å². The number of benzene rings is 2. The van der Waals surface area contributed by atoms with Crippen molar-refractivity contribution in [2.75, 3.05) is 5.32 Å². The Hall–Kier alpha value is -3.39. The fourth-order valence-electron chi connectivity index (χ4n) is 2.71. The van der Waals surface area contributed by atoms with Crippen LogP contribution in [0.25, 0.3) is 22.9 Å². The number of amides is 1. The summed E-state index contributed by atoms with van der Waals surface area (Å²) in [4.78, 5) is 12.4. The molecular weight excluding hydrogens is 386 g/mol. The molecule has 4 rings (SSSR count). The van der Waals surface area contributed by atoms with E-state index in [9.17, 15) is 4.79 Å². The minimum Gasteiger partial charge on any atom is -0.416 e. The number of carbonyl (C=O) groups excluding carboxylic acids is 1. The lowest BCUT2D eigenvalue weighted by Crippen LogP contribution is -2.11. The lowest BCUT2D eigenvalue weighted by atomic mass is 10.1. The highest BCUT2D eigenvalue weighted by atomic mass is 32.1. The minimum atomic E-state index is -0.235. The van der Waals surface area contributed by atoms with E-state index in [-0.39, 0.29) is 5.91 Å². The van der Waals surface area contributed by atoms with E-state index in [1.54, 1.807) is 24.3 Å². The predicted molar refractivity (Wildman–Crippen MR) is 112 cm³/mol. The van der Waals surface area contributed by atoms with Crippen molar-refractivity contribution >= 4 is 22.4 Å². The van der Waals surface area contributed by atoms with Crippen molar-refractivity contribution < 1.29 is 9.21 Å². The molecule has 4 aromatic rings. The van der Waals surface area contributed by atoms with E-state index < -0.39 is 0 Å². The van der Waals surface area contributed by atoms with Crippen molar-refractivity contribution in [2.24, 2.45) is 0 Å². The Morgan fingerprint density at radius 2 is 1.55 bits per heavy atom. The zero-order valence-electron chi connectivity index (χ0n) is 16.0. The van der Waals surface area contributed by atoms with E-state index in [0.717, 1.165) is 34.5 Å². The van der Waals surface area contributed by atoms with Crippen LogP contribution in [0, 0.1) is 6.92 Å². The second-order valence-electron chi connectivity index (χ2n) is 6.56. The third kappa shape index (κ3) is 4.38. The average molecular weight is 405 g/mol. The summed E-state index contributed by atoms with van der Waals surface area (Å²) in [6.45, 7) is 4.10. The third-order valence-corrected chi connectivity index (χ3v) is 5.17. The molecule has 7 nitrogen and oxygen atoms in total. The Labute approximate surface area is 171 Å². The number of aromatic nitrogens is 4. The molecule has 1 amide bonds. The zero-order chi connectivity index (χ0) is 20.2. The summed E-state index contributed by atoms with van der Waals surface area (Å²) in [7, 11) is 0. The summed E-state index contributed by atoms with van der Waals surface area (Å²) in [5, 5.41) is 20.5. The topological polar surface area (TPSA) is 93.8 Å². The maximum absolute atomic E-state index is 12.4. The number of carbonyl (C=O) groups is 1. The molecular formula is C21H19N5O2S. The summed E-state index contributed by atoms with van der Waals surface area (Å²) in [5.74, 6) is 0.628. The molecule has 0 aliphatic heterocycles. The molecule has 8 heteroatoms. The van der Waals surface area contributed by atoms with Gasteiger partial charge in [-0.05, 0) is 49.7 Å². The molecule has 0 saturated carbocycles. The van der Waals surface area contributed by atoms with Gasteiger partial charge in [-0.15, -0.1) is 20.4 Å². The van der Waals surface area contributed by atoms with E-state index >= 15 is 0 Å².